The van der Waals surface area contributed by atoms with Gasteiger partial charge in [0.1, 0.15) is 0 Å². The van der Waals surface area contributed by atoms with Gasteiger partial charge in [-0.15, -0.1) is 0 Å². The normalized spacial score (nSPS) is 14.4. The van der Waals surface area contributed by atoms with Crippen molar-refractivity contribution >= 4 is 29.3 Å². The van der Waals surface area contributed by atoms with Crippen LogP contribution >= 0.6 is 11.6 Å². The van der Waals surface area contributed by atoms with E-state index >= 15 is 0 Å². The quantitative estimate of drug-likeness (QED) is 0.459. The molecular weight excluding hydrogens is 414 g/mol. The predicted molar refractivity (Wildman–Crippen MR) is 121 cm³/mol. The van der Waals surface area contributed by atoms with Crippen LogP contribution in [0.25, 0.3) is 0 Å². The van der Waals surface area contributed by atoms with Crippen molar-refractivity contribution in [3.63, 3.8) is 0 Å². The number of piperidine rings is 1. The first-order valence-electron chi connectivity index (χ1n) is 10.8. The van der Waals surface area contributed by atoms with Gasteiger partial charge in [-0.25, -0.2) is 0 Å². The lowest BCUT2D eigenvalue weighted by molar-refractivity contribution is -0.148. The van der Waals surface area contributed by atoms with Gasteiger partial charge in [0.25, 0.3) is 5.91 Å². The zero-order chi connectivity index (χ0) is 22.4. The summed E-state index contributed by atoms with van der Waals surface area (Å²) < 4.78 is 5.36. The van der Waals surface area contributed by atoms with E-state index in [1.54, 1.807) is 29.2 Å². The predicted octanol–water partition coefficient (Wildman–Crippen LogP) is 4.74. The van der Waals surface area contributed by atoms with E-state index in [9.17, 15) is 14.4 Å². The number of rotatable bonds is 7. The summed E-state index contributed by atoms with van der Waals surface area (Å²) in [5, 5.41) is 0.583. The zero-order valence-corrected chi connectivity index (χ0v) is 18.8. The molecular formula is C25H28ClNO4. The van der Waals surface area contributed by atoms with E-state index in [1.807, 2.05) is 32.0 Å². The second kappa shape index (κ2) is 10.6. The van der Waals surface area contributed by atoms with Crippen LogP contribution < -0.4 is 0 Å². The summed E-state index contributed by atoms with van der Waals surface area (Å²) in [5.41, 5.74) is 3.27. The van der Waals surface area contributed by atoms with Crippen LogP contribution in [0.15, 0.2) is 42.5 Å². The fourth-order valence-electron chi connectivity index (χ4n) is 3.84. The number of aryl methyl sites for hydroxylation is 2. The Kier molecular flexibility index (Phi) is 7.85. The number of esters is 1. The molecule has 1 saturated heterocycles. The summed E-state index contributed by atoms with van der Waals surface area (Å²) in [7, 11) is 0. The molecule has 1 heterocycles. The Labute approximate surface area is 188 Å². The number of likely N-dealkylation sites (tertiary alicyclic amines) is 1. The average molecular weight is 442 g/mol. The minimum absolute atomic E-state index is 0.0680. The number of benzene rings is 2. The van der Waals surface area contributed by atoms with Gasteiger partial charge in [-0.1, -0.05) is 37.6 Å². The van der Waals surface area contributed by atoms with Crippen LogP contribution in [-0.4, -0.2) is 42.3 Å². The third-order valence-electron chi connectivity index (χ3n) is 5.82. The van der Waals surface area contributed by atoms with Gasteiger partial charge >= 0.3 is 5.97 Å². The molecule has 0 saturated carbocycles. The highest BCUT2D eigenvalue weighted by Crippen LogP contribution is 2.22. The van der Waals surface area contributed by atoms with E-state index < -0.39 is 0 Å². The number of nitrogens with zero attached hydrogens (tertiary/aromatic N) is 1. The maximum Gasteiger partial charge on any atom is 0.309 e. The van der Waals surface area contributed by atoms with Gasteiger partial charge < -0.3 is 9.64 Å². The Morgan fingerprint density at radius 3 is 2.29 bits per heavy atom. The Bertz CT molecular complexity index is 946. The topological polar surface area (TPSA) is 63.7 Å². The maximum absolute atomic E-state index is 12.7. The molecule has 1 aliphatic heterocycles. The Balaban J connectivity index is 1.52. The second-order valence-corrected chi connectivity index (χ2v) is 8.24. The Morgan fingerprint density at radius 1 is 1.00 bits per heavy atom. The van der Waals surface area contributed by atoms with Crippen LogP contribution in [0.4, 0.5) is 0 Å². The molecule has 31 heavy (non-hydrogen) atoms. The monoisotopic (exact) mass is 441 g/mol. The number of ketones is 1. The molecule has 0 radical (unpaired) electrons. The largest absolute Gasteiger partial charge is 0.457 e. The lowest BCUT2D eigenvalue weighted by Crippen LogP contribution is -2.40. The van der Waals surface area contributed by atoms with Crippen LogP contribution in [0, 0.1) is 5.92 Å². The van der Waals surface area contributed by atoms with Crippen molar-refractivity contribution in [2.45, 2.75) is 39.5 Å². The highest BCUT2D eigenvalue weighted by atomic mass is 35.5. The zero-order valence-electron chi connectivity index (χ0n) is 18.0. The lowest BCUT2D eigenvalue weighted by atomic mass is 9.96. The van der Waals surface area contributed by atoms with Crippen molar-refractivity contribution < 1.29 is 19.1 Å². The molecule has 164 valence electrons. The summed E-state index contributed by atoms with van der Waals surface area (Å²) in [4.78, 5) is 39.5. The van der Waals surface area contributed by atoms with E-state index in [1.165, 1.54) is 0 Å². The van der Waals surface area contributed by atoms with Gasteiger partial charge in [-0.2, -0.15) is 0 Å². The van der Waals surface area contributed by atoms with E-state index in [4.69, 9.17) is 16.3 Å². The molecule has 0 unspecified atom stereocenters. The number of halogens is 1. The first-order valence-corrected chi connectivity index (χ1v) is 11.2. The van der Waals surface area contributed by atoms with Crippen molar-refractivity contribution in [2.75, 3.05) is 19.7 Å². The summed E-state index contributed by atoms with van der Waals surface area (Å²) in [5.74, 6) is -0.899. The van der Waals surface area contributed by atoms with Gasteiger partial charge in [-0.05, 0) is 67.1 Å². The molecule has 1 amide bonds. The maximum atomic E-state index is 12.7. The highest BCUT2D eigenvalue weighted by molar-refractivity contribution is 6.30. The van der Waals surface area contributed by atoms with E-state index in [0.29, 0.717) is 42.1 Å². The number of hydrogen-bond acceptors (Lipinski definition) is 4. The van der Waals surface area contributed by atoms with Crippen molar-refractivity contribution in [3.8, 4) is 0 Å². The SMILES string of the molecule is CCc1ccc(CC)c(C(=O)COC(=O)C2CCN(C(=O)c3ccc(Cl)cc3)CC2)c1. The van der Waals surface area contributed by atoms with Crippen molar-refractivity contribution in [1.29, 1.82) is 0 Å². The van der Waals surface area contributed by atoms with Gasteiger partial charge in [-0.3, -0.25) is 14.4 Å². The first kappa shape index (κ1) is 23.0. The van der Waals surface area contributed by atoms with Gasteiger partial charge in [0.05, 0.1) is 5.92 Å². The van der Waals surface area contributed by atoms with Crippen molar-refractivity contribution in [2.24, 2.45) is 5.92 Å². The first-order chi connectivity index (χ1) is 14.9. The minimum Gasteiger partial charge on any atom is -0.457 e. The molecule has 2 aromatic rings. The number of carbonyl (C=O) groups excluding carboxylic acids is 3. The second-order valence-electron chi connectivity index (χ2n) is 7.80. The van der Waals surface area contributed by atoms with E-state index in [-0.39, 0.29) is 30.2 Å². The Hall–Kier alpha value is -2.66. The summed E-state index contributed by atoms with van der Waals surface area (Å²) in [6, 6.07) is 12.7. The lowest BCUT2D eigenvalue weighted by Gasteiger charge is -2.31. The fourth-order valence-corrected chi connectivity index (χ4v) is 3.96. The summed E-state index contributed by atoms with van der Waals surface area (Å²) in [6.07, 6.45) is 2.65. The smallest absolute Gasteiger partial charge is 0.309 e. The highest BCUT2D eigenvalue weighted by Gasteiger charge is 2.29. The number of ether oxygens (including phenoxy) is 1. The molecule has 0 atom stereocenters. The average Bonchev–Trinajstić information content (AvgIpc) is 2.82. The summed E-state index contributed by atoms with van der Waals surface area (Å²) >= 11 is 5.88. The van der Waals surface area contributed by atoms with Crippen LogP contribution in [0.2, 0.25) is 5.02 Å². The molecule has 0 aliphatic carbocycles. The van der Waals surface area contributed by atoms with Crippen molar-refractivity contribution in [1.82, 2.24) is 4.90 Å². The van der Waals surface area contributed by atoms with Crippen LogP contribution in [0.5, 0.6) is 0 Å². The number of hydrogen-bond donors (Lipinski definition) is 0. The van der Waals surface area contributed by atoms with Gasteiger partial charge in [0, 0.05) is 29.2 Å². The summed E-state index contributed by atoms with van der Waals surface area (Å²) in [6.45, 7) is 4.76. The standard InChI is InChI=1S/C25H28ClNO4/c1-3-17-5-6-18(4-2)22(15-17)23(28)16-31-25(30)20-11-13-27(14-12-20)24(29)19-7-9-21(26)10-8-19/h5-10,15,20H,3-4,11-14,16H2,1-2H3. The molecule has 1 fully saturated rings. The third-order valence-corrected chi connectivity index (χ3v) is 6.07. The van der Waals surface area contributed by atoms with Crippen LogP contribution in [-0.2, 0) is 22.4 Å². The molecule has 6 heteroatoms. The molecule has 0 spiro atoms. The number of carbonyl (C=O) groups is 3. The molecule has 3 rings (SSSR count). The number of Topliss-reactive ketones (excluding diaryl/α,β-unsaturated/α-hetero) is 1. The van der Waals surface area contributed by atoms with E-state index in [0.717, 1.165) is 24.0 Å². The molecule has 0 aromatic heterocycles. The van der Waals surface area contributed by atoms with Crippen LogP contribution in [0.3, 0.4) is 0 Å². The number of amides is 1. The Morgan fingerprint density at radius 2 is 1.68 bits per heavy atom. The molecule has 1 aliphatic rings. The molecule has 0 bridgehead atoms. The molecule has 5 nitrogen and oxygen atoms in total. The molecule has 2 aromatic carbocycles. The molecule has 0 N–H and O–H groups in total. The fraction of sp³-hybridized carbons (Fsp3) is 0.400. The van der Waals surface area contributed by atoms with Gasteiger partial charge in [0.2, 0.25) is 5.78 Å². The van der Waals surface area contributed by atoms with E-state index in [2.05, 4.69) is 0 Å². The van der Waals surface area contributed by atoms with Crippen LogP contribution in [0.1, 0.15) is 58.5 Å². The van der Waals surface area contributed by atoms with Crippen molar-refractivity contribution in [3.05, 3.63) is 69.7 Å². The third kappa shape index (κ3) is 5.73. The van der Waals surface area contributed by atoms with Gasteiger partial charge in [0.15, 0.2) is 6.61 Å². The minimum atomic E-state index is -0.364.